The standard InChI is InChI=1S/C16H14N4O/c17-14-7-6-12-11(9-19-16(12)20-14)8-13(15(18)21)10-4-2-1-3-5-10/h1-9H,(H2,18,21)(H3,17,19,20). The predicted octanol–water partition coefficient (Wildman–Crippen LogP) is 2.17. The third-order valence-corrected chi connectivity index (χ3v) is 3.24. The highest BCUT2D eigenvalue weighted by Gasteiger charge is 2.10. The molecule has 2 heterocycles. The van der Waals surface area contributed by atoms with Crippen LogP contribution >= 0.6 is 0 Å². The van der Waals surface area contributed by atoms with Gasteiger partial charge >= 0.3 is 0 Å². The fourth-order valence-corrected chi connectivity index (χ4v) is 2.23. The highest BCUT2D eigenvalue weighted by Crippen LogP contribution is 2.23. The summed E-state index contributed by atoms with van der Waals surface area (Å²) in [6.07, 6.45) is 3.54. The van der Waals surface area contributed by atoms with E-state index < -0.39 is 5.91 Å². The Kier molecular flexibility index (Phi) is 3.16. The Morgan fingerprint density at radius 2 is 1.90 bits per heavy atom. The van der Waals surface area contributed by atoms with Gasteiger partial charge in [-0.15, -0.1) is 0 Å². The minimum absolute atomic E-state index is 0.443. The van der Waals surface area contributed by atoms with E-state index in [0.717, 1.165) is 16.5 Å². The van der Waals surface area contributed by atoms with Gasteiger partial charge in [0.1, 0.15) is 11.5 Å². The van der Waals surface area contributed by atoms with Crippen molar-refractivity contribution in [2.75, 3.05) is 5.73 Å². The molecule has 21 heavy (non-hydrogen) atoms. The number of nitrogens with zero attached hydrogens (tertiary/aromatic N) is 1. The molecular formula is C16H14N4O. The molecule has 0 spiro atoms. The molecule has 0 saturated carbocycles. The van der Waals surface area contributed by atoms with Crippen molar-refractivity contribution in [2.24, 2.45) is 5.73 Å². The van der Waals surface area contributed by atoms with Crippen LogP contribution in [0, 0.1) is 0 Å². The monoisotopic (exact) mass is 278 g/mol. The number of benzene rings is 1. The first-order valence-electron chi connectivity index (χ1n) is 6.45. The minimum Gasteiger partial charge on any atom is -0.384 e. The van der Waals surface area contributed by atoms with Gasteiger partial charge in [-0.1, -0.05) is 30.3 Å². The quantitative estimate of drug-likeness (QED) is 0.640. The molecule has 5 N–H and O–H groups in total. The lowest BCUT2D eigenvalue weighted by Gasteiger charge is -2.03. The Morgan fingerprint density at radius 3 is 2.62 bits per heavy atom. The molecule has 0 fully saturated rings. The summed E-state index contributed by atoms with van der Waals surface area (Å²) in [5.74, 6) is -0.0305. The van der Waals surface area contributed by atoms with Gasteiger partial charge < -0.3 is 16.5 Å². The van der Waals surface area contributed by atoms with Crippen molar-refractivity contribution in [3.8, 4) is 0 Å². The molecule has 1 amide bonds. The average Bonchev–Trinajstić information content (AvgIpc) is 2.87. The maximum atomic E-state index is 11.7. The number of carbonyl (C=O) groups is 1. The van der Waals surface area contributed by atoms with E-state index in [4.69, 9.17) is 11.5 Å². The first kappa shape index (κ1) is 12.9. The topological polar surface area (TPSA) is 97.8 Å². The number of amides is 1. The minimum atomic E-state index is -0.473. The molecule has 0 atom stereocenters. The SMILES string of the molecule is NC(=O)C(=Cc1c[nH]c2nc(N)ccc12)c1ccccc1. The molecule has 0 aliphatic heterocycles. The molecule has 2 aromatic heterocycles. The predicted molar refractivity (Wildman–Crippen MR) is 84.0 cm³/mol. The van der Waals surface area contributed by atoms with Gasteiger partial charge in [0.25, 0.3) is 0 Å². The molecule has 0 bridgehead atoms. The smallest absolute Gasteiger partial charge is 0.249 e. The lowest BCUT2D eigenvalue weighted by molar-refractivity contribution is -0.112. The zero-order valence-electron chi connectivity index (χ0n) is 11.2. The van der Waals surface area contributed by atoms with E-state index in [1.165, 1.54) is 0 Å². The Hall–Kier alpha value is -3.08. The van der Waals surface area contributed by atoms with Crippen LogP contribution in [0.3, 0.4) is 0 Å². The summed E-state index contributed by atoms with van der Waals surface area (Å²) in [6.45, 7) is 0. The average molecular weight is 278 g/mol. The summed E-state index contributed by atoms with van der Waals surface area (Å²) in [5.41, 5.74) is 13.9. The third kappa shape index (κ3) is 2.49. The Morgan fingerprint density at radius 1 is 1.14 bits per heavy atom. The summed E-state index contributed by atoms with van der Waals surface area (Å²) in [5, 5.41) is 0.888. The Labute approximate surface area is 121 Å². The van der Waals surface area contributed by atoms with Crippen LogP contribution in [0.4, 0.5) is 5.82 Å². The molecular weight excluding hydrogens is 264 g/mol. The third-order valence-electron chi connectivity index (χ3n) is 3.24. The Bertz CT molecular complexity index is 834. The number of aromatic amines is 1. The second-order valence-electron chi connectivity index (χ2n) is 4.66. The van der Waals surface area contributed by atoms with Crippen molar-refractivity contribution in [3.63, 3.8) is 0 Å². The summed E-state index contributed by atoms with van der Waals surface area (Å²) < 4.78 is 0. The van der Waals surface area contributed by atoms with Gasteiger partial charge in [-0.2, -0.15) is 0 Å². The number of rotatable bonds is 3. The molecule has 3 aromatic rings. The number of nitrogens with one attached hydrogen (secondary N) is 1. The lowest BCUT2D eigenvalue weighted by Crippen LogP contribution is -2.12. The zero-order chi connectivity index (χ0) is 14.8. The number of pyridine rings is 1. The number of primary amides is 1. The number of fused-ring (bicyclic) bond motifs is 1. The normalized spacial score (nSPS) is 11.7. The van der Waals surface area contributed by atoms with Crippen molar-refractivity contribution >= 4 is 34.4 Å². The van der Waals surface area contributed by atoms with Crippen molar-refractivity contribution in [3.05, 3.63) is 59.8 Å². The molecule has 1 aromatic carbocycles. The number of nitrogen functional groups attached to an aromatic ring is 1. The highest BCUT2D eigenvalue weighted by molar-refractivity contribution is 6.24. The van der Waals surface area contributed by atoms with Crippen LogP contribution in [-0.2, 0) is 4.79 Å². The van der Waals surface area contributed by atoms with Crippen molar-refractivity contribution in [1.29, 1.82) is 0 Å². The van der Waals surface area contributed by atoms with Crippen molar-refractivity contribution < 1.29 is 4.79 Å². The molecule has 104 valence electrons. The number of carbonyl (C=O) groups excluding carboxylic acids is 1. The van der Waals surface area contributed by atoms with Crippen molar-refractivity contribution in [1.82, 2.24) is 9.97 Å². The summed E-state index contributed by atoms with van der Waals surface area (Å²) in [4.78, 5) is 19.0. The van der Waals surface area contributed by atoms with Gasteiger partial charge in [-0.3, -0.25) is 4.79 Å². The molecule has 0 unspecified atom stereocenters. The number of anilines is 1. The van der Waals surface area contributed by atoms with E-state index in [1.54, 1.807) is 18.3 Å². The maximum Gasteiger partial charge on any atom is 0.249 e. The van der Waals surface area contributed by atoms with Crippen LogP contribution in [0.25, 0.3) is 22.7 Å². The van der Waals surface area contributed by atoms with E-state index in [9.17, 15) is 4.79 Å². The van der Waals surface area contributed by atoms with Crippen LogP contribution < -0.4 is 11.5 Å². The second-order valence-corrected chi connectivity index (χ2v) is 4.66. The maximum absolute atomic E-state index is 11.7. The van der Waals surface area contributed by atoms with Crippen LogP contribution in [0.2, 0.25) is 0 Å². The van der Waals surface area contributed by atoms with Gasteiger partial charge in [-0.05, 0) is 23.8 Å². The fourth-order valence-electron chi connectivity index (χ4n) is 2.23. The van der Waals surface area contributed by atoms with Crippen LogP contribution in [0.1, 0.15) is 11.1 Å². The van der Waals surface area contributed by atoms with Crippen LogP contribution in [0.5, 0.6) is 0 Å². The molecule has 0 aliphatic rings. The van der Waals surface area contributed by atoms with Crippen LogP contribution in [0.15, 0.2) is 48.7 Å². The van der Waals surface area contributed by atoms with Gasteiger partial charge in [0.05, 0.1) is 0 Å². The van der Waals surface area contributed by atoms with Gasteiger partial charge in [0.2, 0.25) is 5.91 Å². The van der Waals surface area contributed by atoms with Gasteiger partial charge in [0.15, 0.2) is 0 Å². The largest absolute Gasteiger partial charge is 0.384 e. The molecule has 5 heteroatoms. The number of hydrogen-bond donors (Lipinski definition) is 3. The molecule has 3 rings (SSSR count). The summed E-state index contributed by atoms with van der Waals surface area (Å²) >= 11 is 0. The van der Waals surface area contributed by atoms with Gasteiger partial charge in [-0.25, -0.2) is 4.98 Å². The van der Waals surface area contributed by atoms with E-state index >= 15 is 0 Å². The van der Waals surface area contributed by atoms with E-state index in [2.05, 4.69) is 9.97 Å². The van der Waals surface area contributed by atoms with Gasteiger partial charge in [0, 0.05) is 22.7 Å². The second kappa shape index (κ2) is 5.13. The first-order valence-corrected chi connectivity index (χ1v) is 6.45. The first-order chi connectivity index (χ1) is 10.1. The summed E-state index contributed by atoms with van der Waals surface area (Å²) in [7, 11) is 0. The fraction of sp³-hybridized carbons (Fsp3) is 0. The lowest BCUT2D eigenvalue weighted by atomic mass is 10.0. The number of hydrogen-bond acceptors (Lipinski definition) is 3. The summed E-state index contributed by atoms with van der Waals surface area (Å²) in [6, 6.07) is 12.9. The Balaban J connectivity index is 2.14. The molecule has 0 radical (unpaired) electrons. The molecule has 0 saturated heterocycles. The van der Waals surface area contributed by atoms with E-state index in [0.29, 0.717) is 17.0 Å². The van der Waals surface area contributed by atoms with E-state index in [1.807, 2.05) is 36.4 Å². The van der Waals surface area contributed by atoms with E-state index in [-0.39, 0.29) is 0 Å². The molecule has 5 nitrogen and oxygen atoms in total. The highest BCUT2D eigenvalue weighted by atomic mass is 16.1. The van der Waals surface area contributed by atoms with Crippen LogP contribution in [-0.4, -0.2) is 15.9 Å². The number of aromatic nitrogens is 2. The number of nitrogens with two attached hydrogens (primary N) is 2. The number of H-pyrrole nitrogens is 1. The molecule has 0 aliphatic carbocycles. The van der Waals surface area contributed by atoms with Crippen molar-refractivity contribution in [2.45, 2.75) is 0 Å². The zero-order valence-corrected chi connectivity index (χ0v) is 11.2.